The molecule has 0 aliphatic rings. The lowest BCUT2D eigenvalue weighted by molar-refractivity contribution is -0.137. The Morgan fingerprint density at radius 2 is 1.67 bits per heavy atom. The van der Waals surface area contributed by atoms with E-state index < -0.39 is 18.2 Å². The number of hydrogen-bond donors (Lipinski definition) is 1. The third-order valence-electron chi connectivity index (χ3n) is 1.48. The van der Waals surface area contributed by atoms with E-state index in [9.17, 15) is 18.4 Å². The van der Waals surface area contributed by atoms with E-state index in [0.717, 1.165) is 12.8 Å². The Kier molecular flexibility index (Phi) is 12.1. The van der Waals surface area contributed by atoms with E-state index in [4.69, 9.17) is 5.11 Å². The van der Waals surface area contributed by atoms with Gasteiger partial charge in [-0.3, -0.25) is 9.59 Å². The van der Waals surface area contributed by atoms with Crippen LogP contribution in [0.3, 0.4) is 0 Å². The number of alkyl halides is 2. The van der Waals surface area contributed by atoms with Gasteiger partial charge in [-0.2, -0.15) is 0 Å². The van der Waals surface area contributed by atoms with Gasteiger partial charge in [0.15, 0.2) is 5.78 Å². The van der Waals surface area contributed by atoms with Gasteiger partial charge in [0, 0.05) is 12.8 Å². The van der Waals surface area contributed by atoms with E-state index in [2.05, 4.69) is 0 Å². The molecule has 15 heavy (non-hydrogen) atoms. The fourth-order valence-electron chi connectivity index (χ4n) is 0.684. The molecule has 0 rings (SSSR count). The molecule has 0 aliphatic carbocycles. The number of carbonyl (C=O) groups is 2. The first-order chi connectivity index (χ1) is 6.95. The first kappa shape index (κ1) is 16.4. The van der Waals surface area contributed by atoms with Crippen molar-refractivity contribution in [2.75, 3.05) is 0 Å². The van der Waals surface area contributed by atoms with Crippen LogP contribution in [0.1, 0.15) is 46.0 Å². The Morgan fingerprint density at radius 1 is 1.13 bits per heavy atom. The molecule has 90 valence electrons. The Balaban J connectivity index is 0. The quantitative estimate of drug-likeness (QED) is 0.754. The Hall–Kier alpha value is -1.00. The normalized spacial score (nSPS) is 9.40. The minimum atomic E-state index is -2.77. The number of carbonyl (C=O) groups excluding carboxylic acids is 1. The van der Waals surface area contributed by atoms with Crippen LogP contribution in [0.5, 0.6) is 0 Å². The van der Waals surface area contributed by atoms with E-state index >= 15 is 0 Å². The first-order valence-corrected chi connectivity index (χ1v) is 4.98. The van der Waals surface area contributed by atoms with Gasteiger partial charge < -0.3 is 5.11 Å². The van der Waals surface area contributed by atoms with Crippen molar-refractivity contribution in [3.8, 4) is 0 Å². The van der Waals surface area contributed by atoms with Gasteiger partial charge in [-0.05, 0) is 12.8 Å². The number of unbranched alkanes of at least 4 members (excludes halogenated alkanes) is 1. The van der Waals surface area contributed by atoms with E-state index in [1.807, 2.05) is 6.92 Å². The number of rotatable bonds is 6. The van der Waals surface area contributed by atoms with Crippen LogP contribution in [-0.4, -0.2) is 23.3 Å². The maximum Gasteiger partial charge on any atom is 0.303 e. The minimum absolute atomic E-state index is 0.00231. The van der Waals surface area contributed by atoms with Crippen molar-refractivity contribution in [2.24, 2.45) is 0 Å². The summed E-state index contributed by atoms with van der Waals surface area (Å²) in [5.74, 6) is -1.64. The van der Waals surface area contributed by atoms with Crippen LogP contribution in [0, 0.1) is 0 Å². The average molecular weight is 224 g/mol. The molecule has 0 amide bonds. The van der Waals surface area contributed by atoms with Gasteiger partial charge in [-0.25, -0.2) is 8.78 Å². The van der Waals surface area contributed by atoms with E-state index in [-0.39, 0.29) is 6.42 Å². The molecule has 5 heteroatoms. The van der Waals surface area contributed by atoms with Crippen molar-refractivity contribution >= 4 is 11.8 Å². The van der Waals surface area contributed by atoms with E-state index in [1.165, 1.54) is 0 Å². The van der Waals surface area contributed by atoms with Crippen molar-refractivity contribution < 1.29 is 23.5 Å². The van der Waals surface area contributed by atoms with Crippen LogP contribution in [0.15, 0.2) is 0 Å². The van der Waals surface area contributed by atoms with Gasteiger partial charge in [-0.1, -0.05) is 20.3 Å². The van der Waals surface area contributed by atoms with Gasteiger partial charge in [-0.15, -0.1) is 0 Å². The van der Waals surface area contributed by atoms with Crippen LogP contribution in [0.4, 0.5) is 8.78 Å². The predicted octanol–water partition coefficient (Wildman–Crippen LogP) is 2.88. The number of Topliss-reactive ketones (excluding diaryl/α,β-unsaturated/α-hetero) is 1. The molecule has 0 aromatic carbocycles. The maximum absolute atomic E-state index is 11.3. The molecule has 0 spiro atoms. The highest BCUT2D eigenvalue weighted by molar-refractivity contribution is 5.81. The second kappa shape index (κ2) is 11.1. The third-order valence-corrected chi connectivity index (χ3v) is 1.48. The molecule has 0 fully saturated rings. The van der Waals surface area contributed by atoms with Crippen molar-refractivity contribution in [3.05, 3.63) is 0 Å². The van der Waals surface area contributed by atoms with Crippen LogP contribution >= 0.6 is 0 Å². The Bertz CT molecular complexity index is 182. The van der Waals surface area contributed by atoms with E-state index in [1.54, 1.807) is 6.92 Å². The zero-order valence-corrected chi connectivity index (χ0v) is 9.13. The van der Waals surface area contributed by atoms with Gasteiger partial charge in [0.25, 0.3) is 6.43 Å². The predicted molar refractivity (Wildman–Crippen MR) is 53.1 cm³/mol. The zero-order chi connectivity index (χ0) is 12.3. The van der Waals surface area contributed by atoms with Crippen LogP contribution in [-0.2, 0) is 9.59 Å². The zero-order valence-electron chi connectivity index (χ0n) is 9.13. The lowest BCUT2D eigenvalue weighted by Crippen LogP contribution is -2.08. The van der Waals surface area contributed by atoms with Crippen molar-refractivity contribution in [1.82, 2.24) is 0 Å². The smallest absolute Gasteiger partial charge is 0.303 e. The monoisotopic (exact) mass is 224 g/mol. The second-order valence-corrected chi connectivity index (χ2v) is 3.01. The number of aliphatic carboxylic acids is 1. The Morgan fingerprint density at radius 3 is 1.80 bits per heavy atom. The fourth-order valence-corrected chi connectivity index (χ4v) is 0.684. The molecule has 1 N–H and O–H groups in total. The van der Waals surface area contributed by atoms with E-state index in [0.29, 0.717) is 12.8 Å². The summed E-state index contributed by atoms with van der Waals surface area (Å²) in [4.78, 5) is 19.8. The second-order valence-electron chi connectivity index (χ2n) is 3.01. The van der Waals surface area contributed by atoms with Gasteiger partial charge in [0.2, 0.25) is 0 Å². The summed E-state index contributed by atoms with van der Waals surface area (Å²) in [6, 6.07) is 0. The summed E-state index contributed by atoms with van der Waals surface area (Å²) < 4.78 is 22.5. The summed E-state index contributed by atoms with van der Waals surface area (Å²) in [7, 11) is 0. The van der Waals surface area contributed by atoms with Crippen LogP contribution in [0.25, 0.3) is 0 Å². The molecular formula is C10H18F2O3. The Labute approximate surface area is 88.5 Å². The molecule has 0 heterocycles. The molecule has 0 radical (unpaired) electrons. The molecule has 0 saturated carbocycles. The summed E-state index contributed by atoms with van der Waals surface area (Å²) in [5, 5.41) is 8.04. The third kappa shape index (κ3) is 15.7. The SMILES string of the molecule is CCCC(=O)C(F)F.CCCCC(=O)O. The molecule has 0 bridgehead atoms. The summed E-state index contributed by atoms with van der Waals surface area (Å²) in [6.07, 6.45) is -0.186. The molecule has 0 aromatic rings. The first-order valence-electron chi connectivity index (χ1n) is 4.98. The number of carboxylic acids is 1. The number of hydrogen-bond acceptors (Lipinski definition) is 2. The lowest BCUT2D eigenvalue weighted by atomic mass is 10.2. The maximum atomic E-state index is 11.3. The minimum Gasteiger partial charge on any atom is -0.481 e. The molecule has 0 atom stereocenters. The van der Waals surface area contributed by atoms with Gasteiger partial charge in [0.1, 0.15) is 0 Å². The van der Waals surface area contributed by atoms with Gasteiger partial charge in [0.05, 0.1) is 0 Å². The summed E-state index contributed by atoms with van der Waals surface area (Å²) >= 11 is 0. The largest absolute Gasteiger partial charge is 0.481 e. The molecule has 0 unspecified atom stereocenters. The van der Waals surface area contributed by atoms with Crippen molar-refractivity contribution in [3.63, 3.8) is 0 Å². The lowest BCUT2D eigenvalue weighted by Gasteiger charge is -1.92. The highest BCUT2D eigenvalue weighted by atomic mass is 19.3. The van der Waals surface area contributed by atoms with Crippen LogP contribution < -0.4 is 0 Å². The summed E-state index contributed by atoms with van der Waals surface area (Å²) in [6.45, 7) is 3.67. The molecule has 0 saturated heterocycles. The highest BCUT2D eigenvalue weighted by Gasteiger charge is 2.12. The topological polar surface area (TPSA) is 54.4 Å². The molecular weight excluding hydrogens is 206 g/mol. The molecule has 0 aliphatic heterocycles. The molecule has 0 aromatic heterocycles. The fraction of sp³-hybridized carbons (Fsp3) is 0.800. The standard InChI is InChI=1S/C5H8F2O.C5H10O2/c1-2-3-4(8)5(6)7;1-2-3-4-5(6)7/h5H,2-3H2,1H3;2-4H2,1H3,(H,6,7). The van der Waals surface area contributed by atoms with Gasteiger partial charge >= 0.3 is 5.97 Å². The number of ketones is 1. The molecule has 3 nitrogen and oxygen atoms in total. The highest BCUT2D eigenvalue weighted by Crippen LogP contribution is 1.99. The number of carboxylic acid groups (broad SMARTS) is 1. The number of halogens is 2. The van der Waals surface area contributed by atoms with Crippen molar-refractivity contribution in [2.45, 2.75) is 52.4 Å². The summed E-state index contributed by atoms with van der Waals surface area (Å²) in [5.41, 5.74) is 0. The van der Waals surface area contributed by atoms with Crippen LogP contribution in [0.2, 0.25) is 0 Å². The average Bonchev–Trinajstić information content (AvgIpc) is 2.16. The van der Waals surface area contributed by atoms with Crippen molar-refractivity contribution in [1.29, 1.82) is 0 Å².